The third-order valence-corrected chi connectivity index (χ3v) is 3.55. The zero-order valence-electron chi connectivity index (χ0n) is 11.6. The fourth-order valence-electron chi connectivity index (χ4n) is 2.15. The van der Waals surface area contributed by atoms with Crippen molar-refractivity contribution in [2.24, 2.45) is 0 Å². The smallest absolute Gasteiger partial charge is 0.153 e. The predicted molar refractivity (Wildman–Crippen MR) is 84.6 cm³/mol. The first kappa shape index (κ1) is 13.8. The molecule has 3 aromatic rings. The molecule has 0 bridgehead atoms. The summed E-state index contributed by atoms with van der Waals surface area (Å²) in [7, 11) is 1.89. The van der Waals surface area contributed by atoms with Crippen LogP contribution in [-0.2, 0) is 6.54 Å². The van der Waals surface area contributed by atoms with Crippen molar-refractivity contribution in [1.82, 2.24) is 20.1 Å². The molecule has 0 aliphatic heterocycles. The van der Waals surface area contributed by atoms with Gasteiger partial charge in [0.1, 0.15) is 0 Å². The molecule has 0 saturated heterocycles. The highest BCUT2D eigenvalue weighted by molar-refractivity contribution is 6.31. The van der Waals surface area contributed by atoms with E-state index < -0.39 is 0 Å². The third kappa shape index (κ3) is 2.96. The number of nitrogens with one attached hydrogen (secondary N) is 1. The Labute approximate surface area is 128 Å². The summed E-state index contributed by atoms with van der Waals surface area (Å²) in [4.78, 5) is 4.34. The molecule has 0 amide bonds. The Bertz CT molecular complexity index is 737. The van der Waals surface area contributed by atoms with E-state index in [2.05, 4.69) is 27.5 Å². The van der Waals surface area contributed by atoms with Crippen LogP contribution in [0.15, 0.2) is 55.0 Å². The number of benzene rings is 1. The van der Waals surface area contributed by atoms with Crippen molar-refractivity contribution < 1.29 is 0 Å². The Kier molecular flexibility index (Phi) is 3.99. The summed E-state index contributed by atoms with van der Waals surface area (Å²) in [6.07, 6.45) is 5.46. The Balaban J connectivity index is 1.95. The lowest BCUT2D eigenvalue weighted by molar-refractivity contribution is 0.801. The molecule has 4 nitrogen and oxygen atoms in total. The lowest BCUT2D eigenvalue weighted by Crippen LogP contribution is -2.07. The summed E-state index contributed by atoms with van der Waals surface area (Å²) in [5, 5.41) is 8.13. The summed E-state index contributed by atoms with van der Waals surface area (Å²) in [6, 6.07) is 12.1. The fraction of sp³-hybridized carbons (Fsp3) is 0.125. The molecular weight excluding hydrogens is 284 g/mol. The average Bonchev–Trinajstić information content (AvgIpc) is 3.00. The Morgan fingerprint density at radius 3 is 2.71 bits per heavy atom. The highest BCUT2D eigenvalue weighted by atomic mass is 35.5. The van der Waals surface area contributed by atoms with Gasteiger partial charge >= 0.3 is 0 Å². The van der Waals surface area contributed by atoms with Crippen LogP contribution in [0.25, 0.3) is 16.9 Å². The molecule has 21 heavy (non-hydrogen) atoms. The van der Waals surface area contributed by atoms with Gasteiger partial charge in [0.05, 0.1) is 11.2 Å². The number of nitrogens with zero attached hydrogens (tertiary/aromatic N) is 3. The van der Waals surface area contributed by atoms with Crippen molar-refractivity contribution >= 4 is 11.6 Å². The highest BCUT2D eigenvalue weighted by Crippen LogP contribution is 2.21. The highest BCUT2D eigenvalue weighted by Gasteiger charge is 2.07. The standard InChI is InChI=1S/C16H15ClN4/c1-18-8-13-7-16(19-10-15(13)17)21-11-14(9-20-21)12-5-3-2-4-6-12/h2-7,9-11,18H,8H2,1H3. The average molecular weight is 299 g/mol. The van der Waals surface area contributed by atoms with E-state index in [-0.39, 0.29) is 0 Å². The van der Waals surface area contributed by atoms with Gasteiger partial charge in [-0.15, -0.1) is 0 Å². The molecule has 1 aromatic carbocycles. The molecule has 0 saturated carbocycles. The molecule has 0 radical (unpaired) electrons. The number of hydrogen-bond donors (Lipinski definition) is 1. The van der Waals surface area contributed by atoms with Gasteiger partial charge in [-0.25, -0.2) is 9.67 Å². The van der Waals surface area contributed by atoms with E-state index in [1.54, 1.807) is 10.9 Å². The van der Waals surface area contributed by atoms with Crippen LogP contribution >= 0.6 is 11.6 Å². The van der Waals surface area contributed by atoms with Crippen molar-refractivity contribution in [2.75, 3.05) is 7.05 Å². The largest absolute Gasteiger partial charge is 0.316 e. The SMILES string of the molecule is CNCc1cc(-n2cc(-c3ccccc3)cn2)ncc1Cl. The first-order chi connectivity index (χ1) is 10.3. The Hall–Kier alpha value is -2.17. The topological polar surface area (TPSA) is 42.7 Å². The number of rotatable bonds is 4. The molecule has 106 valence electrons. The molecule has 2 aromatic heterocycles. The minimum absolute atomic E-state index is 0.656. The van der Waals surface area contributed by atoms with Gasteiger partial charge in [-0.2, -0.15) is 5.10 Å². The maximum absolute atomic E-state index is 6.13. The van der Waals surface area contributed by atoms with E-state index in [4.69, 9.17) is 11.6 Å². The van der Waals surface area contributed by atoms with Crippen LogP contribution in [0.2, 0.25) is 5.02 Å². The molecule has 5 heteroatoms. The van der Waals surface area contributed by atoms with E-state index in [0.717, 1.165) is 22.5 Å². The lowest BCUT2D eigenvalue weighted by atomic mass is 10.1. The van der Waals surface area contributed by atoms with Gasteiger partial charge < -0.3 is 5.32 Å². The normalized spacial score (nSPS) is 10.8. The maximum Gasteiger partial charge on any atom is 0.153 e. The maximum atomic E-state index is 6.13. The third-order valence-electron chi connectivity index (χ3n) is 3.21. The van der Waals surface area contributed by atoms with Gasteiger partial charge in [-0.3, -0.25) is 0 Å². The second-order valence-corrected chi connectivity index (χ2v) is 5.11. The van der Waals surface area contributed by atoms with Gasteiger partial charge in [0, 0.05) is 24.5 Å². The summed E-state index contributed by atoms with van der Waals surface area (Å²) >= 11 is 6.13. The van der Waals surface area contributed by atoms with Gasteiger partial charge in [0.2, 0.25) is 0 Å². The molecule has 0 fully saturated rings. The molecule has 0 spiro atoms. The molecule has 0 atom stereocenters. The first-order valence-corrected chi connectivity index (χ1v) is 7.05. The Morgan fingerprint density at radius 1 is 1.14 bits per heavy atom. The first-order valence-electron chi connectivity index (χ1n) is 6.67. The van der Waals surface area contributed by atoms with Crippen LogP contribution in [0.1, 0.15) is 5.56 Å². The second-order valence-electron chi connectivity index (χ2n) is 4.70. The van der Waals surface area contributed by atoms with Crippen molar-refractivity contribution in [3.05, 3.63) is 65.6 Å². The zero-order chi connectivity index (χ0) is 14.7. The van der Waals surface area contributed by atoms with Gasteiger partial charge in [0.25, 0.3) is 0 Å². The monoisotopic (exact) mass is 298 g/mol. The number of pyridine rings is 1. The molecule has 0 unspecified atom stereocenters. The van der Waals surface area contributed by atoms with Gasteiger partial charge in [-0.05, 0) is 24.2 Å². The predicted octanol–water partition coefficient (Wildman–Crippen LogP) is 3.31. The van der Waals surface area contributed by atoms with Crippen LogP contribution in [-0.4, -0.2) is 21.8 Å². The van der Waals surface area contributed by atoms with Crippen molar-refractivity contribution in [2.45, 2.75) is 6.54 Å². The van der Waals surface area contributed by atoms with Crippen molar-refractivity contribution in [3.8, 4) is 16.9 Å². The summed E-state index contributed by atoms with van der Waals surface area (Å²) in [5.74, 6) is 0.756. The molecule has 1 N–H and O–H groups in total. The summed E-state index contributed by atoms with van der Waals surface area (Å²) in [5.41, 5.74) is 3.19. The second kappa shape index (κ2) is 6.08. The minimum atomic E-state index is 0.656. The van der Waals surface area contributed by atoms with Crippen molar-refractivity contribution in [3.63, 3.8) is 0 Å². The number of halogens is 1. The molecular formula is C16H15ClN4. The quantitative estimate of drug-likeness (QED) is 0.803. The van der Waals surface area contributed by atoms with E-state index in [0.29, 0.717) is 11.6 Å². The van der Waals surface area contributed by atoms with Crippen LogP contribution < -0.4 is 5.32 Å². The molecule has 2 heterocycles. The number of aromatic nitrogens is 3. The van der Waals surface area contributed by atoms with E-state index in [1.807, 2.05) is 43.7 Å². The summed E-state index contributed by atoms with van der Waals surface area (Å²) in [6.45, 7) is 0.696. The molecule has 0 aliphatic carbocycles. The van der Waals surface area contributed by atoms with Crippen LogP contribution in [0.5, 0.6) is 0 Å². The van der Waals surface area contributed by atoms with E-state index in [9.17, 15) is 0 Å². The van der Waals surface area contributed by atoms with E-state index in [1.165, 1.54) is 0 Å². The fourth-order valence-corrected chi connectivity index (χ4v) is 2.32. The van der Waals surface area contributed by atoms with Gasteiger partial charge in [-0.1, -0.05) is 41.9 Å². The van der Waals surface area contributed by atoms with Crippen LogP contribution in [0.3, 0.4) is 0 Å². The summed E-state index contributed by atoms with van der Waals surface area (Å²) < 4.78 is 1.76. The van der Waals surface area contributed by atoms with E-state index >= 15 is 0 Å². The van der Waals surface area contributed by atoms with Crippen molar-refractivity contribution in [1.29, 1.82) is 0 Å². The minimum Gasteiger partial charge on any atom is -0.316 e. The number of hydrogen-bond acceptors (Lipinski definition) is 3. The lowest BCUT2D eigenvalue weighted by Gasteiger charge is -2.06. The van der Waals surface area contributed by atoms with Crippen LogP contribution in [0, 0.1) is 0 Å². The Morgan fingerprint density at radius 2 is 1.95 bits per heavy atom. The molecule has 3 rings (SSSR count). The van der Waals surface area contributed by atoms with Crippen LogP contribution in [0.4, 0.5) is 0 Å². The van der Waals surface area contributed by atoms with Gasteiger partial charge in [0.15, 0.2) is 5.82 Å². The zero-order valence-corrected chi connectivity index (χ0v) is 12.4. The molecule has 0 aliphatic rings.